The fourth-order valence-corrected chi connectivity index (χ4v) is 2.10. The molecule has 10 heteroatoms. The Bertz CT molecular complexity index is 774. The molecular formula is C17H16F5NO4. The summed E-state index contributed by atoms with van der Waals surface area (Å²) < 4.78 is 75.9. The fourth-order valence-electron chi connectivity index (χ4n) is 2.10. The van der Waals surface area contributed by atoms with Crippen molar-refractivity contribution >= 4 is 5.69 Å². The molecule has 1 atom stereocenters. The molecule has 2 aromatic rings. The van der Waals surface area contributed by atoms with Crippen LogP contribution in [-0.2, 0) is 6.18 Å². The maximum Gasteiger partial charge on any atom is 0.416 e. The van der Waals surface area contributed by atoms with Crippen molar-refractivity contribution in [2.75, 3.05) is 25.6 Å². The van der Waals surface area contributed by atoms with Gasteiger partial charge in [-0.1, -0.05) is 0 Å². The molecule has 5 nitrogen and oxygen atoms in total. The van der Waals surface area contributed by atoms with Gasteiger partial charge in [-0.2, -0.15) is 13.2 Å². The first-order chi connectivity index (χ1) is 12.7. The zero-order valence-corrected chi connectivity index (χ0v) is 14.0. The lowest BCUT2D eigenvalue weighted by Gasteiger charge is -2.16. The Hall–Kier alpha value is -2.59. The maximum atomic E-state index is 14.0. The number of halogens is 5. The summed E-state index contributed by atoms with van der Waals surface area (Å²) in [5.74, 6) is -4.17. The Kier molecular flexibility index (Phi) is 6.45. The van der Waals surface area contributed by atoms with Gasteiger partial charge in [0.2, 0.25) is 0 Å². The molecule has 0 fully saturated rings. The van der Waals surface area contributed by atoms with Crippen LogP contribution in [0.2, 0.25) is 0 Å². The summed E-state index contributed by atoms with van der Waals surface area (Å²) in [4.78, 5) is 0. The summed E-state index contributed by atoms with van der Waals surface area (Å²) in [6.07, 6.45) is -5.95. The van der Waals surface area contributed by atoms with Gasteiger partial charge >= 0.3 is 6.18 Å². The monoisotopic (exact) mass is 393 g/mol. The average molecular weight is 393 g/mol. The molecule has 148 valence electrons. The van der Waals surface area contributed by atoms with Crippen molar-refractivity contribution in [2.45, 2.75) is 12.3 Å². The summed E-state index contributed by atoms with van der Waals surface area (Å²) in [7, 11) is 1.27. The van der Waals surface area contributed by atoms with Crippen LogP contribution in [0.15, 0.2) is 30.3 Å². The topological polar surface area (TPSA) is 71.0 Å². The van der Waals surface area contributed by atoms with E-state index < -0.39 is 41.8 Å². The molecule has 0 aliphatic carbocycles. The summed E-state index contributed by atoms with van der Waals surface area (Å²) in [6.45, 7) is -0.500. The van der Waals surface area contributed by atoms with E-state index in [1.54, 1.807) is 0 Å². The Labute approximate surface area is 151 Å². The Morgan fingerprint density at radius 2 is 1.70 bits per heavy atom. The second-order valence-electron chi connectivity index (χ2n) is 5.45. The number of benzene rings is 2. The minimum atomic E-state index is -4.91. The first-order valence-electron chi connectivity index (χ1n) is 7.60. The van der Waals surface area contributed by atoms with Gasteiger partial charge in [-0.15, -0.1) is 0 Å². The van der Waals surface area contributed by atoms with Crippen molar-refractivity contribution in [1.82, 2.24) is 0 Å². The molecule has 0 radical (unpaired) electrons. The number of alkyl halides is 3. The minimum Gasteiger partial charge on any atom is -0.493 e. The molecule has 2 aromatic carbocycles. The van der Waals surface area contributed by atoms with E-state index in [4.69, 9.17) is 14.6 Å². The first-order valence-corrected chi connectivity index (χ1v) is 7.60. The van der Waals surface area contributed by atoms with Crippen LogP contribution in [0.1, 0.15) is 5.56 Å². The molecule has 3 N–H and O–H groups in total. The van der Waals surface area contributed by atoms with Gasteiger partial charge in [0.25, 0.3) is 0 Å². The molecule has 0 heterocycles. The van der Waals surface area contributed by atoms with Crippen LogP contribution >= 0.6 is 0 Å². The quantitative estimate of drug-likeness (QED) is 0.628. The SMILES string of the molecule is COc1ccc(NCC(O)CO)cc1Oc1c(F)cc(C(F)(F)F)cc1F. The van der Waals surface area contributed by atoms with Crippen LogP contribution in [-0.4, -0.2) is 36.6 Å². The van der Waals surface area contributed by atoms with E-state index in [0.29, 0.717) is 5.69 Å². The summed E-state index contributed by atoms with van der Waals surface area (Å²) in [5, 5.41) is 20.9. The van der Waals surface area contributed by atoms with Crippen LogP contribution in [0.5, 0.6) is 17.2 Å². The van der Waals surface area contributed by atoms with E-state index in [0.717, 1.165) is 0 Å². The number of nitrogens with one attached hydrogen (secondary N) is 1. The van der Waals surface area contributed by atoms with Gasteiger partial charge in [0, 0.05) is 18.3 Å². The van der Waals surface area contributed by atoms with E-state index in [1.165, 1.54) is 25.3 Å². The molecule has 0 aliphatic heterocycles. The minimum absolute atomic E-state index is 0.0225. The molecular weight excluding hydrogens is 377 g/mol. The Balaban J connectivity index is 2.33. The largest absolute Gasteiger partial charge is 0.493 e. The second kappa shape index (κ2) is 8.40. The zero-order valence-electron chi connectivity index (χ0n) is 14.0. The molecule has 2 rings (SSSR count). The van der Waals surface area contributed by atoms with Crippen molar-refractivity contribution in [2.24, 2.45) is 0 Å². The van der Waals surface area contributed by atoms with Crippen LogP contribution in [0.25, 0.3) is 0 Å². The van der Waals surface area contributed by atoms with Gasteiger partial charge in [-0.3, -0.25) is 0 Å². The van der Waals surface area contributed by atoms with E-state index >= 15 is 0 Å². The number of anilines is 1. The smallest absolute Gasteiger partial charge is 0.416 e. The normalized spacial score (nSPS) is 12.6. The lowest BCUT2D eigenvalue weighted by molar-refractivity contribution is -0.138. The number of ether oxygens (including phenoxy) is 2. The maximum absolute atomic E-state index is 14.0. The van der Waals surface area contributed by atoms with Gasteiger partial charge in [0.1, 0.15) is 0 Å². The standard InChI is InChI=1S/C17H16F5NO4/c1-26-14-3-2-10(23-7-11(25)8-24)6-15(14)27-16-12(18)4-9(5-13(16)19)17(20,21)22/h2-6,11,23-25H,7-8H2,1H3. The lowest BCUT2D eigenvalue weighted by atomic mass is 10.2. The number of aliphatic hydroxyl groups excluding tert-OH is 2. The van der Waals surface area contributed by atoms with Gasteiger partial charge in [0.15, 0.2) is 28.9 Å². The fraction of sp³-hybridized carbons (Fsp3) is 0.294. The van der Waals surface area contributed by atoms with Gasteiger partial charge in [0.05, 0.1) is 25.4 Å². The lowest BCUT2D eigenvalue weighted by Crippen LogP contribution is -2.22. The zero-order chi connectivity index (χ0) is 20.2. The number of methoxy groups -OCH3 is 1. The van der Waals surface area contributed by atoms with Gasteiger partial charge in [-0.05, 0) is 24.3 Å². The van der Waals surface area contributed by atoms with Crippen LogP contribution in [0, 0.1) is 11.6 Å². The molecule has 0 bridgehead atoms. The number of aliphatic hydroxyl groups is 2. The van der Waals surface area contributed by atoms with E-state index in [1.807, 2.05) is 0 Å². The third-order valence-corrected chi connectivity index (χ3v) is 3.45. The molecule has 0 aromatic heterocycles. The Morgan fingerprint density at radius 3 is 2.22 bits per heavy atom. The van der Waals surface area contributed by atoms with Crippen molar-refractivity contribution in [3.05, 3.63) is 47.5 Å². The van der Waals surface area contributed by atoms with E-state index in [-0.39, 0.29) is 30.2 Å². The highest BCUT2D eigenvalue weighted by atomic mass is 19.4. The molecule has 0 spiro atoms. The molecule has 0 amide bonds. The first kappa shape index (κ1) is 20.7. The number of hydrogen-bond acceptors (Lipinski definition) is 5. The summed E-state index contributed by atoms with van der Waals surface area (Å²) >= 11 is 0. The third-order valence-electron chi connectivity index (χ3n) is 3.45. The van der Waals surface area contributed by atoms with Crippen molar-refractivity contribution in [3.8, 4) is 17.2 Å². The Morgan fingerprint density at radius 1 is 1.07 bits per heavy atom. The van der Waals surface area contributed by atoms with Crippen LogP contribution < -0.4 is 14.8 Å². The molecule has 0 saturated heterocycles. The van der Waals surface area contributed by atoms with Crippen LogP contribution in [0.3, 0.4) is 0 Å². The van der Waals surface area contributed by atoms with Gasteiger partial charge in [-0.25, -0.2) is 8.78 Å². The van der Waals surface area contributed by atoms with E-state index in [2.05, 4.69) is 5.32 Å². The highest BCUT2D eigenvalue weighted by Gasteiger charge is 2.33. The highest BCUT2D eigenvalue weighted by Crippen LogP contribution is 2.39. The molecule has 0 saturated carbocycles. The third kappa shape index (κ3) is 5.20. The predicted octanol–water partition coefficient (Wildman–Crippen LogP) is 3.55. The van der Waals surface area contributed by atoms with Gasteiger partial charge < -0.3 is 25.0 Å². The predicted molar refractivity (Wildman–Crippen MR) is 86.0 cm³/mol. The summed E-state index contributed by atoms with van der Waals surface area (Å²) in [6, 6.07) is 4.44. The average Bonchev–Trinajstić information content (AvgIpc) is 2.61. The van der Waals surface area contributed by atoms with Crippen molar-refractivity contribution in [1.29, 1.82) is 0 Å². The van der Waals surface area contributed by atoms with E-state index in [9.17, 15) is 27.1 Å². The molecule has 27 heavy (non-hydrogen) atoms. The number of hydrogen-bond donors (Lipinski definition) is 3. The highest BCUT2D eigenvalue weighted by molar-refractivity contribution is 5.56. The molecule has 1 unspecified atom stereocenters. The second-order valence-corrected chi connectivity index (χ2v) is 5.45. The number of rotatable bonds is 7. The van der Waals surface area contributed by atoms with Crippen molar-refractivity contribution in [3.63, 3.8) is 0 Å². The van der Waals surface area contributed by atoms with Crippen LogP contribution in [0.4, 0.5) is 27.6 Å². The summed E-state index contributed by atoms with van der Waals surface area (Å²) in [5.41, 5.74) is -1.13. The van der Waals surface area contributed by atoms with Crippen molar-refractivity contribution < 1.29 is 41.6 Å². The molecule has 0 aliphatic rings.